The summed E-state index contributed by atoms with van der Waals surface area (Å²) in [5.74, 6) is -0.489. The van der Waals surface area contributed by atoms with Crippen molar-refractivity contribution in [3.8, 4) is 0 Å². The lowest BCUT2D eigenvalue weighted by molar-refractivity contribution is -0.116. The van der Waals surface area contributed by atoms with Crippen molar-refractivity contribution in [1.82, 2.24) is 10.6 Å². The summed E-state index contributed by atoms with van der Waals surface area (Å²) in [5, 5.41) is 58.1. The maximum Gasteiger partial charge on any atom is 0.336 e. The molecule has 0 aliphatic heterocycles. The van der Waals surface area contributed by atoms with Gasteiger partial charge in [-0.2, -0.15) is 0 Å². The summed E-state index contributed by atoms with van der Waals surface area (Å²) in [7, 11) is 0. The Labute approximate surface area is 484 Å². The number of hydrogen-bond acceptors (Lipinski definition) is 12. The molecule has 444 valence electrons. The van der Waals surface area contributed by atoms with Crippen LogP contribution in [-0.4, -0.2) is 92.9 Å². The van der Waals surface area contributed by atoms with Crippen LogP contribution in [0.4, 0.5) is 11.4 Å². The number of hydrogen-bond donors (Lipinski definition) is 9. The van der Waals surface area contributed by atoms with Gasteiger partial charge in [0.15, 0.2) is 11.6 Å². The SMILES string of the molecule is C=C(O)CNCC1=CCC(C(C)C)C=C1.CC(=O)CNCc1cc(C(=O)O)cc(C(=O)O)c1C(C)C.CC(=O)c1cc(NCC2CCC(C(C)C)CC2)cc(C(=O)O)c1.CC(=O)c1cc(NCc2ccc(C(C)C)cc2)cc(C(=O)O)c1. The maximum absolute atomic E-state index is 11.6. The molecule has 0 saturated heterocycles. The van der Waals surface area contributed by atoms with E-state index in [-0.39, 0.29) is 64.4 Å². The molecule has 16 heteroatoms. The molecule has 6 rings (SSSR count). The normalized spacial score (nSPS) is 15.4. The Morgan fingerprint density at radius 3 is 1.50 bits per heavy atom. The highest BCUT2D eigenvalue weighted by Crippen LogP contribution is 2.34. The van der Waals surface area contributed by atoms with Crippen LogP contribution in [0.25, 0.3) is 0 Å². The molecule has 1 unspecified atom stereocenters. The minimum atomic E-state index is -1.18. The summed E-state index contributed by atoms with van der Waals surface area (Å²) in [6.07, 6.45) is 12.9. The van der Waals surface area contributed by atoms with Gasteiger partial charge in [-0.1, -0.05) is 104 Å². The van der Waals surface area contributed by atoms with Crippen LogP contribution in [0, 0.1) is 29.6 Å². The van der Waals surface area contributed by atoms with Gasteiger partial charge in [-0.3, -0.25) is 14.4 Å². The predicted octanol–water partition coefficient (Wildman–Crippen LogP) is 13.5. The lowest BCUT2D eigenvalue weighted by Crippen LogP contribution is -2.23. The van der Waals surface area contributed by atoms with Gasteiger partial charge >= 0.3 is 23.9 Å². The number of benzene rings is 4. The maximum atomic E-state index is 11.6. The van der Waals surface area contributed by atoms with Crippen molar-refractivity contribution in [2.75, 3.05) is 36.8 Å². The molecule has 1 saturated carbocycles. The number of anilines is 2. The number of ketones is 3. The molecule has 9 N–H and O–H groups in total. The van der Waals surface area contributed by atoms with E-state index in [2.05, 4.69) is 112 Å². The van der Waals surface area contributed by atoms with E-state index in [9.17, 15) is 43.8 Å². The molecular weight excluding hydrogens is 1040 g/mol. The molecule has 16 nitrogen and oxygen atoms in total. The van der Waals surface area contributed by atoms with E-state index in [4.69, 9.17) is 15.3 Å². The number of carbonyl (C=O) groups excluding carboxylic acids is 3. The molecule has 0 amide bonds. The van der Waals surface area contributed by atoms with Crippen LogP contribution in [0.15, 0.2) is 109 Å². The zero-order valence-electron chi connectivity index (χ0n) is 49.8. The Morgan fingerprint density at radius 2 is 1.07 bits per heavy atom. The van der Waals surface area contributed by atoms with Gasteiger partial charge in [0.2, 0.25) is 0 Å². The van der Waals surface area contributed by atoms with Crippen LogP contribution >= 0.6 is 0 Å². The van der Waals surface area contributed by atoms with E-state index in [1.807, 2.05) is 13.8 Å². The Morgan fingerprint density at radius 1 is 0.561 bits per heavy atom. The van der Waals surface area contributed by atoms with Crippen molar-refractivity contribution < 1.29 is 59.1 Å². The van der Waals surface area contributed by atoms with Crippen LogP contribution in [0.1, 0.15) is 205 Å². The van der Waals surface area contributed by atoms with Gasteiger partial charge in [0.1, 0.15) is 5.78 Å². The molecule has 0 bridgehead atoms. The standard InChI is InChI=1S/C19H27NO3.C19H21NO3.C15H19NO5.C13H21NO/c2*1-12(2)15-6-4-14(5-7-15)11-20-18-9-16(13(3)21)8-17(10-18)19(22)23;1-8(2)13-11(7-16-6-9(3)17)4-10(14(18)19)5-12(13)15(20)21;1-10(2)13-6-4-12(5-7-13)9-14-8-11(3)15/h8-10,12,14-15,20H,4-7,11H2,1-3H3,(H,22,23);4-10,12,20H,11H2,1-3H3,(H,22,23);4-5,8,16H,6-7H2,1-3H3,(H,18,19)(H,20,21);4-6,10,13-15H,3,7-9H2,1-2H3. The van der Waals surface area contributed by atoms with Gasteiger partial charge in [0, 0.05) is 48.7 Å². The second-order valence-corrected chi connectivity index (χ2v) is 22.6. The van der Waals surface area contributed by atoms with Crippen molar-refractivity contribution >= 4 is 52.6 Å². The van der Waals surface area contributed by atoms with Crippen LogP contribution in [-0.2, 0) is 17.9 Å². The molecule has 0 radical (unpaired) electrons. The fraction of sp³-hybridized carbons (Fsp3) is 0.439. The van der Waals surface area contributed by atoms with E-state index in [1.165, 1.54) is 87.9 Å². The van der Waals surface area contributed by atoms with Gasteiger partial charge < -0.3 is 46.8 Å². The summed E-state index contributed by atoms with van der Waals surface area (Å²) < 4.78 is 0. The Bertz CT molecular complexity index is 2850. The van der Waals surface area contributed by atoms with Crippen molar-refractivity contribution in [3.05, 3.63) is 165 Å². The minimum absolute atomic E-state index is 0.00970. The van der Waals surface area contributed by atoms with Crippen molar-refractivity contribution in [2.45, 2.75) is 133 Å². The molecule has 1 atom stereocenters. The first-order valence-electron chi connectivity index (χ1n) is 28.2. The quantitative estimate of drug-likeness (QED) is 0.0233. The molecule has 82 heavy (non-hydrogen) atoms. The van der Waals surface area contributed by atoms with Crippen molar-refractivity contribution in [3.63, 3.8) is 0 Å². The number of aromatic carboxylic acids is 4. The van der Waals surface area contributed by atoms with Crippen LogP contribution in [0.3, 0.4) is 0 Å². The Hall–Kier alpha value is -7.69. The number of allylic oxidation sites excluding steroid dienone is 2. The number of aliphatic hydroxyl groups is 1. The van der Waals surface area contributed by atoms with E-state index in [0.29, 0.717) is 64.7 Å². The third-order valence-electron chi connectivity index (χ3n) is 14.5. The van der Waals surface area contributed by atoms with E-state index in [0.717, 1.165) is 42.6 Å². The number of Topliss-reactive ketones (excluding diaryl/α,β-unsaturated/α-hetero) is 3. The first-order chi connectivity index (χ1) is 38.6. The summed E-state index contributed by atoms with van der Waals surface area (Å²) in [6, 6.07) is 20.3. The highest BCUT2D eigenvalue weighted by Gasteiger charge is 2.24. The highest BCUT2D eigenvalue weighted by atomic mass is 16.4. The highest BCUT2D eigenvalue weighted by molar-refractivity contribution is 6.00. The molecular formula is C66H88N4O12. The summed E-state index contributed by atoms with van der Waals surface area (Å²) >= 11 is 0. The molecule has 2 aliphatic rings. The monoisotopic (exact) mass is 1130 g/mol. The van der Waals surface area contributed by atoms with Crippen LogP contribution in [0.5, 0.6) is 0 Å². The van der Waals surface area contributed by atoms with Gasteiger partial charge in [-0.25, -0.2) is 19.2 Å². The zero-order valence-corrected chi connectivity index (χ0v) is 49.8. The zero-order chi connectivity index (χ0) is 61.4. The van der Waals surface area contributed by atoms with Crippen molar-refractivity contribution in [1.29, 1.82) is 0 Å². The number of rotatable bonds is 24. The Kier molecular flexibility index (Phi) is 28.4. The largest absolute Gasteiger partial charge is 0.512 e. The van der Waals surface area contributed by atoms with Gasteiger partial charge in [0.05, 0.1) is 41.1 Å². The summed E-state index contributed by atoms with van der Waals surface area (Å²) in [5.41, 5.74) is 7.21. The fourth-order valence-electron chi connectivity index (χ4n) is 9.53. The van der Waals surface area contributed by atoms with E-state index < -0.39 is 23.9 Å². The van der Waals surface area contributed by atoms with E-state index in [1.54, 1.807) is 18.2 Å². The smallest absolute Gasteiger partial charge is 0.336 e. The lowest BCUT2D eigenvalue weighted by Gasteiger charge is -2.31. The first kappa shape index (κ1) is 68.6. The number of aliphatic hydroxyl groups excluding tert-OH is 1. The number of carbonyl (C=O) groups is 7. The fourth-order valence-corrected chi connectivity index (χ4v) is 9.53. The molecule has 0 heterocycles. The molecule has 0 aromatic heterocycles. The molecule has 4 aromatic carbocycles. The summed E-state index contributed by atoms with van der Waals surface area (Å²) in [6.45, 7) is 27.9. The van der Waals surface area contributed by atoms with E-state index >= 15 is 0 Å². The second kappa shape index (κ2) is 33.9. The lowest BCUT2D eigenvalue weighted by atomic mass is 9.77. The second-order valence-electron chi connectivity index (χ2n) is 22.6. The van der Waals surface area contributed by atoms with Gasteiger partial charge in [-0.15, -0.1) is 0 Å². The number of carboxylic acid groups (broad SMARTS) is 4. The molecule has 2 aliphatic carbocycles. The number of nitrogens with one attached hydrogen (secondary N) is 4. The van der Waals surface area contributed by atoms with Gasteiger partial charge in [0.25, 0.3) is 0 Å². The molecule has 0 spiro atoms. The molecule has 1 fully saturated rings. The first-order valence-corrected chi connectivity index (χ1v) is 28.2. The van der Waals surface area contributed by atoms with Crippen molar-refractivity contribution in [2.24, 2.45) is 29.6 Å². The van der Waals surface area contributed by atoms with Crippen LogP contribution in [0.2, 0.25) is 0 Å². The van der Waals surface area contributed by atoms with Gasteiger partial charge in [-0.05, 0) is 171 Å². The predicted molar refractivity (Wildman–Crippen MR) is 325 cm³/mol. The minimum Gasteiger partial charge on any atom is -0.512 e. The third-order valence-corrected chi connectivity index (χ3v) is 14.5. The summed E-state index contributed by atoms with van der Waals surface area (Å²) in [4.78, 5) is 78.9. The Balaban J connectivity index is 0.000000290. The molecule has 4 aromatic rings. The third kappa shape index (κ3) is 23.8. The number of carboxylic acids is 4. The topological polar surface area (TPSA) is 269 Å². The average molecular weight is 1130 g/mol. The average Bonchev–Trinajstić information content (AvgIpc) is 3.42. The van der Waals surface area contributed by atoms with Crippen LogP contribution < -0.4 is 21.3 Å².